The summed E-state index contributed by atoms with van der Waals surface area (Å²) in [5.41, 5.74) is 7.89. The minimum atomic E-state index is -0.757. The van der Waals surface area contributed by atoms with Crippen molar-refractivity contribution in [3.8, 4) is 5.88 Å². The summed E-state index contributed by atoms with van der Waals surface area (Å²) in [6.45, 7) is 6.11. The number of nitrogens with one attached hydrogen (secondary N) is 1. The number of hydrogen-bond acceptors (Lipinski definition) is 9. The van der Waals surface area contributed by atoms with Gasteiger partial charge >= 0.3 is 5.97 Å². The second-order valence-corrected chi connectivity index (χ2v) is 9.41. The van der Waals surface area contributed by atoms with Gasteiger partial charge in [-0.25, -0.2) is 19.7 Å². The lowest BCUT2D eigenvalue weighted by molar-refractivity contribution is 0.0235. The highest BCUT2D eigenvalue weighted by atomic mass is 16.5. The molecule has 0 aromatic carbocycles. The molecule has 3 aromatic rings. The van der Waals surface area contributed by atoms with Crippen molar-refractivity contribution in [1.29, 1.82) is 0 Å². The maximum atomic E-state index is 12.2. The van der Waals surface area contributed by atoms with Crippen molar-refractivity contribution >= 4 is 28.4 Å². The number of anilines is 2. The number of cyclic esters (lactones) is 1. The van der Waals surface area contributed by atoms with E-state index in [2.05, 4.69) is 15.3 Å². The number of carbonyl (C=O) groups excluding carboxylic acids is 1. The zero-order valence-electron chi connectivity index (χ0n) is 19.8. The van der Waals surface area contributed by atoms with Crippen LogP contribution in [0, 0.1) is 0 Å². The number of methoxy groups -OCH3 is 1. The monoisotopic (exact) mass is 463 g/mol. The van der Waals surface area contributed by atoms with Crippen molar-refractivity contribution in [1.82, 2.24) is 15.0 Å². The second kappa shape index (κ2) is 8.48. The first-order valence-electron chi connectivity index (χ1n) is 11.5. The molecule has 3 atom stereocenters. The van der Waals surface area contributed by atoms with Crippen molar-refractivity contribution in [3.05, 3.63) is 47.4 Å². The minimum Gasteiger partial charge on any atom is -0.474 e. The van der Waals surface area contributed by atoms with Gasteiger partial charge in [0.05, 0.1) is 28.8 Å². The first kappa shape index (κ1) is 22.5. The Labute approximate surface area is 198 Å². The molecule has 0 amide bonds. The van der Waals surface area contributed by atoms with Gasteiger partial charge in [0.1, 0.15) is 23.8 Å². The lowest BCUT2D eigenvalue weighted by atomic mass is 9.91. The number of esters is 1. The largest absolute Gasteiger partial charge is 0.474 e. The zero-order valence-corrected chi connectivity index (χ0v) is 19.8. The number of nitrogens with two attached hydrogens (primary N) is 1. The van der Waals surface area contributed by atoms with E-state index in [9.17, 15) is 4.79 Å². The molecule has 178 valence electrons. The molecule has 9 heteroatoms. The normalized spacial score (nSPS) is 21.5. The Bertz CT molecular complexity index is 1260. The molecular formula is C25H29N5O4. The molecule has 1 saturated carbocycles. The number of nitrogens with zero attached hydrogens (tertiary/aromatic N) is 3. The molecule has 1 fully saturated rings. The van der Waals surface area contributed by atoms with Crippen LogP contribution in [-0.2, 0) is 15.0 Å². The van der Waals surface area contributed by atoms with Gasteiger partial charge in [0.15, 0.2) is 0 Å². The van der Waals surface area contributed by atoms with Crippen LogP contribution in [0.15, 0.2) is 30.6 Å². The Hall–Kier alpha value is -3.30. The SMILES string of the molecule is COC[C@](C)(N)c1cnc(OC2CC2)c2cnc(Nc3ccc4c(n3)[C@@H](C)[C@@H](C)OC4=O)cc12. The number of pyridine rings is 3. The van der Waals surface area contributed by atoms with E-state index in [0.717, 1.165) is 29.2 Å². The molecule has 3 N–H and O–H groups in total. The van der Waals surface area contributed by atoms with Gasteiger partial charge in [-0.2, -0.15) is 0 Å². The number of carbonyl (C=O) groups is 1. The topological polar surface area (TPSA) is 121 Å². The molecule has 1 aliphatic heterocycles. The molecular weight excluding hydrogens is 434 g/mol. The van der Waals surface area contributed by atoms with E-state index in [1.807, 2.05) is 26.8 Å². The summed E-state index contributed by atoms with van der Waals surface area (Å²) < 4.78 is 16.8. The fourth-order valence-electron chi connectivity index (χ4n) is 4.20. The highest BCUT2D eigenvalue weighted by Gasteiger charge is 2.32. The van der Waals surface area contributed by atoms with E-state index in [-0.39, 0.29) is 24.1 Å². The molecule has 4 heterocycles. The Balaban J connectivity index is 1.54. The quantitative estimate of drug-likeness (QED) is 0.504. The van der Waals surface area contributed by atoms with Gasteiger partial charge in [-0.3, -0.25) is 0 Å². The van der Waals surface area contributed by atoms with E-state index in [0.29, 0.717) is 35.4 Å². The van der Waals surface area contributed by atoms with E-state index >= 15 is 0 Å². The molecule has 3 aromatic heterocycles. The van der Waals surface area contributed by atoms with Crippen LogP contribution in [0.25, 0.3) is 10.8 Å². The first-order chi connectivity index (χ1) is 16.3. The van der Waals surface area contributed by atoms with E-state index in [1.165, 1.54) is 0 Å². The molecule has 2 aliphatic rings. The van der Waals surface area contributed by atoms with Gasteiger partial charge < -0.3 is 25.3 Å². The van der Waals surface area contributed by atoms with Crippen LogP contribution in [-0.4, -0.2) is 46.8 Å². The number of hydrogen-bond donors (Lipinski definition) is 2. The molecule has 5 rings (SSSR count). The second-order valence-electron chi connectivity index (χ2n) is 9.41. The van der Waals surface area contributed by atoms with Crippen LogP contribution < -0.4 is 15.8 Å². The highest BCUT2D eigenvalue weighted by Crippen LogP contribution is 2.36. The third-order valence-corrected chi connectivity index (χ3v) is 6.43. The summed E-state index contributed by atoms with van der Waals surface area (Å²) in [5.74, 6) is 1.39. The summed E-state index contributed by atoms with van der Waals surface area (Å²) in [6.07, 6.45) is 5.54. The van der Waals surface area contributed by atoms with Crippen molar-refractivity contribution in [2.24, 2.45) is 5.73 Å². The van der Waals surface area contributed by atoms with Crippen LogP contribution in [0.4, 0.5) is 11.6 Å². The minimum absolute atomic E-state index is 0.00851. The van der Waals surface area contributed by atoms with Crippen molar-refractivity contribution in [2.75, 3.05) is 19.0 Å². The van der Waals surface area contributed by atoms with Crippen molar-refractivity contribution in [2.45, 2.75) is 57.3 Å². The van der Waals surface area contributed by atoms with Crippen LogP contribution >= 0.6 is 0 Å². The average molecular weight is 464 g/mol. The Morgan fingerprint density at radius 3 is 2.71 bits per heavy atom. The van der Waals surface area contributed by atoms with Crippen molar-refractivity contribution in [3.63, 3.8) is 0 Å². The van der Waals surface area contributed by atoms with E-state index in [1.54, 1.807) is 31.6 Å². The number of rotatable bonds is 7. The summed E-state index contributed by atoms with van der Waals surface area (Å²) in [6, 6.07) is 5.42. The first-order valence-corrected chi connectivity index (χ1v) is 11.5. The molecule has 34 heavy (non-hydrogen) atoms. The summed E-state index contributed by atoms with van der Waals surface area (Å²) in [5, 5.41) is 4.95. The molecule has 1 aliphatic carbocycles. The van der Waals surface area contributed by atoms with Gasteiger partial charge in [-0.1, -0.05) is 6.92 Å². The molecule has 0 radical (unpaired) electrons. The maximum absolute atomic E-state index is 12.2. The van der Waals surface area contributed by atoms with Gasteiger partial charge in [0.25, 0.3) is 0 Å². The highest BCUT2D eigenvalue weighted by molar-refractivity contribution is 5.93. The number of ether oxygens (including phenoxy) is 3. The molecule has 0 spiro atoms. The van der Waals surface area contributed by atoms with Crippen LogP contribution in [0.3, 0.4) is 0 Å². The Kier molecular flexibility index (Phi) is 5.61. The van der Waals surface area contributed by atoms with Crippen LogP contribution in [0.2, 0.25) is 0 Å². The summed E-state index contributed by atoms with van der Waals surface area (Å²) in [7, 11) is 1.62. The summed E-state index contributed by atoms with van der Waals surface area (Å²) >= 11 is 0. The lowest BCUT2D eigenvalue weighted by Gasteiger charge is -2.27. The predicted octanol–water partition coefficient (Wildman–Crippen LogP) is 3.79. The summed E-state index contributed by atoms with van der Waals surface area (Å²) in [4.78, 5) is 26.1. The number of aromatic nitrogens is 3. The van der Waals surface area contributed by atoms with E-state index < -0.39 is 5.54 Å². The Morgan fingerprint density at radius 2 is 1.97 bits per heavy atom. The van der Waals surface area contributed by atoms with Gasteiger partial charge in [0.2, 0.25) is 5.88 Å². The fraction of sp³-hybridized carbons (Fsp3) is 0.440. The smallest absolute Gasteiger partial charge is 0.340 e. The maximum Gasteiger partial charge on any atom is 0.340 e. The van der Waals surface area contributed by atoms with Crippen LogP contribution in [0.5, 0.6) is 5.88 Å². The molecule has 0 saturated heterocycles. The molecule has 0 bridgehead atoms. The van der Waals surface area contributed by atoms with E-state index in [4.69, 9.17) is 24.9 Å². The van der Waals surface area contributed by atoms with Gasteiger partial charge in [0, 0.05) is 31.0 Å². The van der Waals surface area contributed by atoms with Crippen molar-refractivity contribution < 1.29 is 19.0 Å². The molecule has 9 nitrogen and oxygen atoms in total. The zero-order chi connectivity index (χ0) is 24.0. The van der Waals surface area contributed by atoms with Crippen LogP contribution in [0.1, 0.15) is 61.1 Å². The van der Waals surface area contributed by atoms with Gasteiger partial charge in [-0.05, 0) is 50.3 Å². The molecule has 0 unspecified atom stereocenters. The standard InChI is InChI=1S/C25H29N5O4/c1-13-14(2)33-24(31)16-7-8-20(30-22(13)16)29-21-9-17-18(10-27-21)23(34-15-5-6-15)28-11-19(17)25(3,26)12-32-4/h7-11,13-15H,5-6,12,26H2,1-4H3,(H,27,29,30)/t13-,14+,25-/m0/s1. The third-order valence-electron chi connectivity index (χ3n) is 6.43. The Morgan fingerprint density at radius 1 is 1.18 bits per heavy atom. The third kappa shape index (κ3) is 4.17. The fourth-order valence-corrected chi connectivity index (χ4v) is 4.20. The predicted molar refractivity (Wildman–Crippen MR) is 127 cm³/mol. The lowest BCUT2D eigenvalue weighted by Crippen LogP contribution is -2.38. The van der Waals surface area contributed by atoms with Gasteiger partial charge in [-0.15, -0.1) is 0 Å². The average Bonchev–Trinajstić information content (AvgIpc) is 3.61. The number of fused-ring (bicyclic) bond motifs is 2.